The maximum atomic E-state index is 12.5. The second kappa shape index (κ2) is 8.48. The number of amides is 1. The Bertz CT molecular complexity index is 777. The van der Waals surface area contributed by atoms with Gasteiger partial charge in [-0.1, -0.05) is 37.6 Å². The number of nitrogens with one attached hydrogen (secondary N) is 1. The van der Waals surface area contributed by atoms with Gasteiger partial charge in [0.15, 0.2) is 0 Å². The van der Waals surface area contributed by atoms with E-state index in [0.29, 0.717) is 23.8 Å². The van der Waals surface area contributed by atoms with Gasteiger partial charge in [0.2, 0.25) is 0 Å². The SMILES string of the molecule is CC(C)CCOc1ccccc1C(=O)Nc1ccc(Cl)c([N+](=O)[O-])c1. The molecule has 0 bridgehead atoms. The molecule has 1 amide bonds. The van der Waals surface area contributed by atoms with Crippen LogP contribution in [-0.2, 0) is 0 Å². The van der Waals surface area contributed by atoms with Crippen molar-refractivity contribution >= 4 is 28.9 Å². The van der Waals surface area contributed by atoms with Crippen LogP contribution in [0.15, 0.2) is 42.5 Å². The maximum absolute atomic E-state index is 12.5. The van der Waals surface area contributed by atoms with Crippen molar-refractivity contribution in [3.05, 3.63) is 63.2 Å². The van der Waals surface area contributed by atoms with Crippen molar-refractivity contribution in [2.75, 3.05) is 11.9 Å². The zero-order valence-corrected chi connectivity index (χ0v) is 14.7. The summed E-state index contributed by atoms with van der Waals surface area (Å²) in [5, 5.41) is 13.6. The largest absolute Gasteiger partial charge is 0.493 e. The van der Waals surface area contributed by atoms with Crippen molar-refractivity contribution in [2.45, 2.75) is 20.3 Å². The minimum absolute atomic E-state index is 0.0143. The maximum Gasteiger partial charge on any atom is 0.289 e. The molecule has 25 heavy (non-hydrogen) atoms. The van der Waals surface area contributed by atoms with Crippen molar-refractivity contribution in [1.29, 1.82) is 0 Å². The number of hydrogen-bond donors (Lipinski definition) is 1. The Balaban J connectivity index is 2.16. The van der Waals surface area contributed by atoms with E-state index in [1.54, 1.807) is 24.3 Å². The summed E-state index contributed by atoms with van der Waals surface area (Å²) >= 11 is 5.78. The van der Waals surface area contributed by atoms with Crippen molar-refractivity contribution in [3.63, 3.8) is 0 Å². The number of para-hydroxylation sites is 1. The van der Waals surface area contributed by atoms with Crippen molar-refractivity contribution < 1.29 is 14.5 Å². The quantitative estimate of drug-likeness (QED) is 0.559. The first-order chi connectivity index (χ1) is 11.9. The van der Waals surface area contributed by atoms with Gasteiger partial charge >= 0.3 is 0 Å². The van der Waals surface area contributed by atoms with E-state index in [1.165, 1.54) is 18.2 Å². The summed E-state index contributed by atoms with van der Waals surface area (Å²) in [7, 11) is 0. The first kappa shape index (κ1) is 18.7. The molecule has 0 saturated heterocycles. The highest BCUT2D eigenvalue weighted by Gasteiger charge is 2.16. The number of ether oxygens (including phenoxy) is 1. The molecule has 2 rings (SSSR count). The summed E-state index contributed by atoms with van der Waals surface area (Å²) in [5.74, 6) is 0.566. The molecule has 132 valence electrons. The molecule has 0 radical (unpaired) electrons. The summed E-state index contributed by atoms with van der Waals surface area (Å²) in [5.41, 5.74) is 0.392. The van der Waals surface area contributed by atoms with Crippen LogP contribution in [-0.4, -0.2) is 17.4 Å². The molecular formula is C18H19ClN2O4. The van der Waals surface area contributed by atoms with Crippen LogP contribution in [0.5, 0.6) is 5.75 Å². The number of nitrogens with zero attached hydrogens (tertiary/aromatic N) is 1. The third kappa shape index (κ3) is 5.19. The molecule has 0 heterocycles. The van der Waals surface area contributed by atoms with Gasteiger partial charge in [0.1, 0.15) is 10.8 Å². The molecule has 0 aliphatic rings. The van der Waals surface area contributed by atoms with Crippen molar-refractivity contribution in [3.8, 4) is 5.75 Å². The van der Waals surface area contributed by atoms with Gasteiger partial charge in [-0.3, -0.25) is 14.9 Å². The average molecular weight is 363 g/mol. The Hall–Kier alpha value is -2.60. The molecule has 2 aromatic rings. The van der Waals surface area contributed by atoms with E-state index in [1.807, 2.05) is 0 Å². The van der Waals surface area contributed by atoms with Crippen LogP contribution < -0.4 is 10.1 Å². The second-order valence-electron chi connectivity index (χ2n) is 5.90. The van der Waals surface area contributed by atoms with E-state index in [2.05, 4.69) is 19.2 Å². The number of halogens is 1. The molecule has 6 nitrogen and oxygen atoms in total. The highest BCUT2D eigenvalue weighted by Crippen LogP contribution is 2.28. The Morgan fingerprint density at radius 3 is 2.68 bits per heavy atom. The molecule has 7 heteroatoms. The third-order valence-electron chi connectivity index (χ3n) is 3.49. The summed E-state index contributed by atoms with van der Waals surface area (Å²) in [6.07, 6.45) is 0.874. The highest BCUT2D eigenvalue weighted by atomic mass is 35.5. The monoisotopic (exact) mass is 362 g/mol. The predicted octanol–water partition coefficient (Wildman–Crippen LogP) is 4.93. The number of carbonyl (C=O) groups is 1. The van der Waals surface area contributed by atoms with Crippen LogP contribution in [0, 0.1) is 16.0 Å². The Kier molecular flexibility index (Phi) is 6.36. The fraction of sp³-hybridized carbons (Fsp3) is 0.278. The number of nitro groups is 1. The Morgan fingerprint density at radius 2 is 2.00 bits per heavy atom. The lowest BCUT2D eigenvalue weighted by atomic mass is 10.1. The minimum atomic E-state index is -0.596. The van der Waals surface area contributed by atoms with Gasteiger partial charge in [0.25, 0.3) is 11.6 Å². The number of rotatable bonds is 7. The van der Waals surface area contributed by atoms with E-state index in [4.69, 9.17) is 16.3 Å². The lowest BCUT2D eigenvalue weighted by molar-refractivity contribution is -0.384. The Labute approximate surface area is 150 Å². The van der Waals surface area contributed by atoms with E-state index < -0.39 is 10.8 Å². The smallest absolute Gasteiger partial charge is 0.289 e. The number of hydrogen-bond acceptors (Lipinski definition) is 4. The summed E-state index contributed by atoms with van der Waals surface area (Å²) in [4.78, 5) is 22.9. The van der Waals surface area contributed by atoms with E-state index >= 15 is 0 Å². The average Bonchev–Trinajstić information content (AvgIpc) is 2.56. The fourth-order valence-corrected chi connectivity index (χ4v) is 2.30. The van der Waals surface area contributed by atoms with E-state index in [0.717, 1.165) is 6.42 Å². The van der Waals surface area contributed by atoms with Crippen molar-refractivity contribution in [1.82, 2.24) is 0 Å². The van der Waals surface area contributed by atoms with Gasteiger partial charge in [-0.05, 0) is 36.6 Å². The molecule has 0 aromatic heterocycles. The van der Waals surface area contributed by atoms with Gasteiger partial charge in [0.05, 0.1) is 17.1 Å². The fourth-order valence-electron chi connectivity index (χ4n) is 2.11. The van der Waals surface area contributed by atoms with Gasteiger partial charge in [0, 0.05) is 11.8 Å². The zero-order chi connectivity index (χ0) is 18.4. The highest BCUT2D eigenvalue weighted by molar-refractivity contribution is 6.32. The molecule has 0 saturated carbocycles. The van der Waals surface area contributed by atoms with Gasteiger partial charge < -0.3 is 10.1 Å². The summed E-state index contributed by atoms with van der Waals surface area (Å²) in [6, 6.07) is 11.0. The van der Waals surface area contributed by atoms with Gasteiger partial charge in [-0.15, -0.1) is 0 Å². The van der Waals surface area contributed by atoms with Crippen LogP contribution >= 0.6 is 11.6 Å². The molecule has 0 unspecified atom stereocenters. The van der Waals surface area contributed by atoms with Gasteiger partial charge in [-0.25, -0.2) is 0 Å². The first-order valence-corrected chi connectivity index (χ1v) is 8.23. The van der Waals surface area contributed by atoms with E-state index in [9.17, 15) is 14.9 Å². The molecule has 1 N–H and O–H groups in total. The van der Waals surface area contributed by atoms with Crippen LogP contribution in [0.3, 0.4) is 0 Å². The molecule has 0 spiro atoms. The zero-order valence-electron chi connectivity index (χ0n) is 14.0. The topological polar surface area (TPSA) is 81.5 Å². The van der Waals surface area contributed by atoms with Crippen LogP contribution in [0.4, 0.5) is 11.4 Å². The lowest BCUT2D eigenvalue weighted by Crippen LogP contribution is -2.14. The number of benzene rings is 2. The number of anilines is 1. The number of carbonyl (C=O) groups excluding carboxylic acids is 1. The molecule has 0 aliphatic carbocycles. The van der Waals surface area contributed by atoms with E-state index in [-0.39, 0.29) is 16.4 Å². The third-order valence-corrected chi connectivity index (χ3v) is 3.80. The van der Waals surface area contributed by atoms with Crippen LogP contribution in [0.1, 0.15) is 30.6 Å². The van der Waals surface area contributed by atoms with Gasteiger partial charge in [-0.2, -0.15) is 0 Å². The minimum Gasteiger partial charge on any atom is -0.493 e. The first-order valence-electron chi connectivity index (χ1n) is 7.85. The molecule has 0 atom stereocenters. The normalized spacial score (nSPS) is 10.6. The lowest BCUT2D eigenvalue weighted by Gasteiger charge is -2.12. The van der Waals surface area contributed by atoms with Crippen LogP contribution in [0.2, 0.25) is 5.02 Å². The molecule has 0 aliphatic heterocycles. The Morgan fingerprint density at radius 1 is 1.28 bits per heavy atom. The molecule has 0 fully saturated rings. The molecule has 2 aromatic carbocycles. The number of nitro benzene ring substituents is 1. The predicted molar refractivity (Wildman–Crippen MR) is 97.5 cm³/mol. The van der Waals surface area contributed by atoms with Crippen LogP contribution in [0.25, 0.3) is 0 Å². The standard InChI is InChI=1S/C18H19ClN2O4/c1-12(2)9-10-25-17-6-4-3-5-14(17)18(22)20-13-7-8-15(19)16(11-13)21(23)24/h3-8,11-12H,9-10H2,1-2H3,(H,20,22). The second-order valence-corrected chi connectivity index (χ2v) is 6.31. The summed E-state index contributed by atoms with van der Waals surface area (Å²) in [6.45, 7) is 4.69. The molecular weight excluding hydrogens is 344 g/mol. The summed E-state index contributed by atoms with van der Waals surface area (Å²) < 4.78 is 5.70. The van der Waals surface area contributed by atoms with Crippen molar-refractivity contribution in [2.24, 2.45) is 5.92 Å².